The monoisotopic (exact) mass is 212 g/mol. The summed E-state index contributed by atoms with van der Waals surface area (Å²) in [4.78, 5) is 0. The van der Waals surface area contributed by atoms with E-state index in [0.717, 1.165) is 31.0 Å². The van der Waals surface area contributed by atoms with Crippen LogP contribution in [0.1, 0.15) is 17.9 Å². The summed E-state index contributed by atoms with van der Waals surface area (Å²) >= 11 is 0. The Morgan fingerprint density at radius 2 is 2.33 bits per heavy atom. The van der Waals surface area contributed by atoms with Crippen LogP contribution < -0.4 is 11.1 Å². The molecule has 1 unspecified atom stereocenters. The minimum atomic E-state index is 0.149. The summed E-state index contributed by atoms with van der Waals surface area (Å²) in [7, 11) is 1.69. The van der Waals surface area contributed by atoms with Crippen LogP contribution >= 0.6 is 0 Å². The van der Waals surface area contributed by atoms with Gasteiger partial charge in [-0.25, -0.2) is 0 Å². The predicted molar refractivity (Wildman–Crippen MR) is 59.6 cm³/mol. The highest BCUT2D eigenvalue weighted by atomic mass is 16.5. The van der Waals surface area contributed by atoms with E-state index in [-0.39, 0.29) is 6.10 Å². The first-order valence-electron chi connectivity index (χ1n) is 5.25. The number of furan rings is 1. The van der Waals surface area contributed by atoms with Gasteiger partial charge in [-0.15, -0.1) is 0 Å². The van der Waals surface area contributed by atoms with Gasteiger partial charge in [0.2, 0.25) is 0 Å². The highest BCUT2D eigenvalue weighted by Gasteiger charge is 2.03. The van der Waals surface area contributed by atoms with E-state index in [0.29, 0.717) is 6.54 Å². The minimum absolute atomic E-state index is 0.149. The van der Waals surface area contributed by atoms with Gasteiger partial charge < -0.3 is 20.2 Å². The molecule has 0 aliphatic carbocycles. The smallest absolute Gasteiger partial charge is 0.117 e. The van der Waals surface area contributed by atoms with Gasteiger partial charge in [0.25, 0.3) is 0 Å². The van der Waals surface area contributed by atoms with Gasteiger partial charge in [0.05, 0.1) is 12.6 Å². The Morgan fingerprint density at radius 3 is 2.87 bits per heavy atom. The third-order valence-corrected chi connectivity index (χ3v) is 2.33. The van der Waals surface area contributed by atoms with Crippen molar-refractivity contribution in [1.29, 1.82) is 0 Å². The fraction of sp³-hybridized carbons (Fsp3) is 0.636. The second-order valence-electron chi connectivity index (χ2n) is 3.57. The lowest BCUT2D eigenvalue weighted by atomic mass is 10.2. The van der Waals surface area contributed by atoms with Crippen LogP contribution in [0.15, 0.2) is 16.5 Å². The van der Waals surface area contributed by atoms with Crippen molar-refractivity contribution in [3.63, 3.8) is 0 Å². The van der Waals surface area contributed by atoms with Gasteiger partial charge in [-0.3, -0.25) is 0 Å². The molecule has 4 heteroatoms. The van der Waals surface area contributed by atoms with Crippen LogP contribution in [0.4, 0.5) is 0 Å². The van der Waals surface area contributed by atoms with Gasteiger partial charge in [0.15, 0.2) is 0 Å². The Bertz CT molecular complexity index is 269. The van der Waals surface area contributed by atoms with E-state index in [9.17, 15) is 0 Å². The number of ether oxygens (including phenoxy) is 1. The van der Waals surface area contributed by atoms with Crippen molar-refractivity contribution in [2.24, 2.45) is 5.73 Å². The quantitative estimate of drug-likeness (QED) is 0.663. The number of nitrogens with two attached hydrogens (primary N) is 1. The van der Waals surface area contributed by atoms with E-state index >= 15 is 0 Å². The summed E-state index contributed by atoms with van der Waals surface area (Å²) in [5.41, 5.74) is 5.51. The van der Waals surface area contributed by atoms with Crippen LogP contribution in [0.25, 0.3) is 0 Å². The molecule has 0 amide bonds. The maximum Gasteiger partial charge on any atom is 0.117 e. The van der Waals surface area contributed by atoms with Crippen molar-refractivity contribution in [2.45, 2.75) is 26.0 Å². The lowest BCUT2D eigenvalue weighted by Crippen LogP contribution is -2.27. The van der Waals surface area contributed by atoms with Crippen molar-refractivity contribution >= 4 is 0 Å². The van der Waals surface area contributed by atoms with Crippen molar-refractivity contribution in [3.8, 4) is 0 Å². The average molecular weight is 212 g/mol. The fourth-order valence-corrected chi connectivity index (χ4v) is 1.39. The summed E-state index contributed by atoms with van der Waals surface area (Å²) in [5, 5.41) is 3.28. The second kappa shape index (κ2) is 6.61. The Hall–Kier alpha value is -0.840. The van der Waals surface area contributed by atoms with Crippen LogP contribution in [0, 0.1) is 6.92 Å². The number of hydrogen-bond acceptors (Lipinski definition) is 4. The molecule has 1 aromatic heterocycles. The van der Waals surface area contributed by atoms with Crippen LogP contribution in [0.3, 0.4) is 0 Å². The molecular formula is C11H20N2O2. The summed E-state index contributed by atoms with van der Waals surface area (Å²) in [6.07, 6.45) is 1.07. The molecule has 0 aromatic carbocycles. The largest absolute Gasteiger partial charge is 0.465 e. The van der Waals surface area contributed by atoms with Crippen LogP contribution in [0.2, 0.25) is 0 Å². The Morgan fingerprint density at radius 1 is 1.53 bits per heavy atom. The molecule has 86 valence electrons. The Balaban J connectivity index is 2.11. The maximum absolute atomic E-state index is 5.51. The third kappa shape index (κ3) is 4.46. The molecule has 0 aliphatic rings. The lowest BCUT2D eigenvalue weighted by molar-refractivity contribution is 0.102. The van der Waals surface area contributed by atoms with Crippen LogP contribution in [0.5, 0.6) is 0 Å². The fourth-order valence-electron chi connectivity index (χ4n) is 1.39. The standard InChI is InChI=1S/C11H20N2O2/c1-9-3-4-11(15-9)8-13-6-5-10(7-12)14-2/h3-4,10,13H,5-8,12H2,1-2H3. The lowest BCUT2D eigenvalue weighted by Gasteiger charge is -2.12. The topological polar surface area (TPSA) is 60.4 Å². The predicted octanol–water partition coefficient (Wildman–Crippen LogP) is 1.04. The molecule has 15 heavy (non-hydrogen) atoms. The summed E-state index contributed by atoms with van der Waals surface area (Å²) in [5.74, 6) is 1.91. The van der Waals surface area contributed by atoms with Crippen molar-refractivity contribution in [3.05, 3.63) is 23.7 Å². The average Bonchev–Trinajstić information content (AvgIpc) is 2.65. The van der Waals surface area contributed by atoms with Crippen molar-refractivity contribution < 1.29 is 9.15 Å². The van der Waals surface area contributed by atoms with Gasteiger partial charge in [0.1, 0.15) is 11.5 Å². The molecule has 0 spiro atoms. The molecule has 3 N–H and O–H groups in total. The Kier molecular flexibility index (Phi) is 5.39. The first-order chi connectivity index (χ1) is 7.26. The van der Waals surface area contributed by atoms with Crippen LogP contribution in [-0.2, 0) is 11.3 Å². The molecule has 0 saturated carbocycles. The zero-order valence-corrected chi connectivity index (χ0v) is 9.45. The number of nitrogens with one attached hydrogen (secondary N) is 1. The first-order valence-corrected chi connectivity index (χ1v) is 5.25. The van der Waals surface area contributed by atoms with Crippen molar-refractivity contribution in [1.82, 2.24) is 5.32 Å². The zero-order valence-electron chi connectivity index (χ0n) is 9.45. The molecule has 1 aromatic rings. The summed E-state index contributed by atoms with van der Waals surface area (Å²) in [6, 6.07) is 3.95. The first kappa shape index (κ1) is 12.2. The van der Waals surface area contributed by atoms with Gasteiger partial charge in [-0.1, -0.05) is 0 Å². The highest BCUT2D eigenvalue weighted by Crippen LogP contribution is 2.05. The molecule has 0 fully saturated rings. The highest BCUT2D eigenvalue weighted by molar-refractivity contribution is 5.04. The van der Waals surface area contributed by atoms with E-state index < -0.39 is 0 Å². The number of methoxy groups -OCH3 is 1. The molecule has 0 aliphatic heterocycles. The van der Waals surface area contributed by atoms with Crippen molar-refractivity contribution in [2.75, 3.05) is 20.2 Å². The summed E-state index contributed by atoms with van der Waals surface area (Å²) in [6.45, 7) is 4.15. The van der Waals surface area contributed by atoms with E-state index in [2.05, 4.69) is 5.32 Å². The van der Waals surface area contributed by atoms with Gasteiger partial charge >= 0.3 is 0 Å². The van der Waals surface area contributed by atoms with Gasteiger partial charge in [0, 0.05) is 13.7 Å². The molecule has 4 nitrogen and oxygen atoms in total. The van der Waals surface area contributed by atoms with Gasteiger partial charge in [-0.05, 0) is 32.0 Å². The minimum Gasteiger partial charge on any atom is -0.465 e. The normalized spacial score (nSPS) is 13.0. The molecule has 0 bridgehead atoms. The molecule has 1 heterocycles. The molecule has 1 rings (SSSR count). The maximum atomic E-state index is 5.51. The number of hydrogen-bond donors (Lipinski definition) is 2. The van der Waals surface area contributed by atoms with E-state index in [1.165, 1.54) is 0 Å². The van der Waals surface area contributed by atoms with Crippen LogP contribution in [-0.4, -0.2) is 26.3 Å². The molecule has 0 saturated heterocycles. The van der Waals surface area contributed by atoms with E-state index in [4.69, 9.17) is 14.9 Å². The molecule has 1 atom stereocenters. The van der Waals surface area contributed by atoms with E-state index in [1.807, 2.05) is 19.1 Å². The second-order valence-corrected chi connectivity index (χ2v) is 3.57. The SMILES string of the molecule is COC(CN)CCNCc1ccc(C)o1. The summed E-state index contributed by atoms with van der Waals surface area (Å²) < 4.78 is 10.6. The Labute approximate surface area is 90.8 Å². The number of rotatable bonds is 7. The van der Waals surface area contributed by atoms with E-state index in [1.54, 1.807) is 7.11 Å². The number of aryl methyl sites for hydroxylation is 1. The molecule has 0 radical (unpaired) electrons. The zero-order chi connectivity index (χ0) is 11.1. The molecular weight excluding hydrogens is 192 g/mol. The van der Waals surface area contributed by atoms with Gasteiger partial charge in [-0.2, -0.15) is 0 Å². The third-order valence-electron chi connectivity index (χ3n) is 2.33.